The normalized spacial score (nSPS) is 8.54. The maximum Gasteiger partial charge on any atom is 0.207 e. The minimum absolute atomic E-state index is 0.329. The van der Waals surface area contributed by atoms with E-state index in [0.29, 0.717) is 5.41 Å². The van der Waals surface area contributed by atoms with Crippen LogP contribution < -0.4 is 5.32 Å². The lowest BCUT2D eigenvalue weighted by Crippen LogP contribution is -2.18. The van der Waals surface area contributed by atoms with Crippen LogP contribution >= 0.6 is 0 Å². The minimum atomic E-state index is 0.329. The van der Waals surface area contributed by atoms with E-state index < -0.39 is 0 Å². The molecule has 0 aromatic carbocycles. The highest BCUT2D eigenvalue weighted by atomic mass is 16.1. The highest BCUT2D eigenvalue weighted by molar-refractivity contribution is 5.45. The van der Waals surface area contributed by atoms with E-state index in [-0.39, 0.29) is 0 Å². The van der Waals surface area contributed by atoms with Crippen molar-refractivity contribution in [2.75, 3.05) is 6.54 Å². The number of hydrogen-bond acceptors (Lipinski definition) is 1. The topological polar surface area (TPSA) is 29.1 Å². The summed E-state index contributed by atoms with van der Waals surface area (Å²) in [5.41, 5.74) is 0.329. The summed E-state index contributed by atoms with van der Waals surface area (Å²) in [5, 5.41) is 2.62. The molecule has 0 aliphatic carbocycles. The van der Waals surface area contributed by atoms with Gasteiger partial charge in [-0.15, -0.1) is 0 Å². The van der Waals surface area contributed by atoms with E-state index in [2.05, 4.69) is 26.1 Å². The van der Waals surface area contributed by atoms with Gasteiger partial charge < -0.3 is 5.32 Å². The summed E-state index contributed by atoms with van der Waals surface area (Å²) in [6, 6.07) is 0. The predicted molar refractivity (Wildman–Crippen MR) is 60.8 cm³/mol. The van der Waals surface area contributed by atoms with Crippen molar-refractivity contribution in [1.29, 1.82) is 0 Å². The van der Waals surface area contributed by atoms with Crippen molar-refractivity contribution in [3.63, 3.8) is 0 Å². The molecule has 1 amide bonds. The van der Waals surface area contributed by atoms with Crippen LogP contribution in [0, 0.1) is 5.41 Å². The van der Waals surface area contributed by atoms with Gasteiger partial charge in [-0.2, -0.15) is 0 Å². The smallest absolute Gasteiger partial charge is 0.207 e. The molecule has 0 bridgehead atoms. The Kier molecular flexibility index (Phi) is 19.7. The molecule has 82 valence electrons. The number of carbonyl (C=O) groups is 1. The molecule has 2 nitrogen and oxygen atoms in total. The fourth-order valence-corrected chi connectivity index (χ4v) is 0.506. The van der Waals surface area contributed by atoms with Gasteiger partial charge in [-0.3, -0.25) is 4.79 Å². The molecule has 0 rings (SSSR count). The number of carbonyl (C=O) groups excluding carboxylic acids is 1. The third-order valence-corrected chi connectivity index (χ3v) is 1.10. The van der Waals surface area contributed by atoms with Crippen molar-refractivity contribution in [3.8, 4) is 0 Å². The summed E-state index contributed by atoms with van der Waals surface area (Å²) in [5.74, 6) is 0. The Morgan fingerprint density at radius 2 is 1.46 bits per heavy atom. The van der Waals surface area contributed by atoms with Crippen LogP contribution in [-0.4, -0.2) is 13.0 Å². The van der Waals surface area contributed by atoms with E-state index in [1.165, 1.54) is 0 Å². The van der Waals surface area contributed by atoms with Crippen LogP contribution in [0.5, 0.6) is 0 Å². The van der Waals surface area contributed by atoms with Crippen LogP contribution in [-0.2, 0) is 4.79 Å². The summed E-state index contributed by atoms with van der Waals surface area (Å²) in [6.07, 6.45) is 1.78. The molecule has 0 spiro atoms. The third kappa shape index (κ3) is 34.4. The first-order valence-electron chi connectivity index (χ1n) is 5.23. The first-order chi connectivity index (χ1) is 6.06. The van der Waals surface area contributed by atoms with E-state index in [4.69, 9.17) is 0 Å². The first kappa shape index (κ1) is 18.3. The summed E-state index contributed by atoms with van der Waals surface area (Å²) >= 11 is 0. The van der Waals surface area contributed by atoms with Crippen molar-refractivity contribution < 1.29 is 4.79 Å². The Balaban J connectivity index is -0.000000218. The van der Waals surface area contributed by atoms with E-state index >= 15 is 0 Å². The molecule has 0 fully saturated rings. The van der Waals surface area contributed by atoms with Gasteiger partial charge in [0.15, 0.2) is 0 Å². The van der Waals surface area contributed by atoms with E-state index in [1.807, 2.05) is 27.7 Å². The molecule has 0 saturated carbocycles. The van der Waals surface area contributed by atoms with E-state index in [9.17, 15) is 4.79 Å². The summed E-state index contributed by atoms with van der Waals surface area (Å²) < 4.78 is 0. The zero-order chi connectivity index (χ0) is 11.3. The second-order valence-corrected chi connectivity index (χ2v) is 3.38. The van der Waals surface area contributed by atoms with Gasteiger partial charge in [-0.25, -0.2) is 0 Å². The lowest BCUT2D eigenvalue weighted by molar-refractivity contribution is -0.109. The standard InChI is InChI=1S/C7H15NO.2C2H6/c1-7(2,3)4-5-8-6-9;2*1-2/h6H,4-5H2,1-3H3,(H,8,9);2*1-2H3. The average Bonchev–Trinajstić information content (AvgIpc) is 2.10. The molecule has 0 unspecified atom stereocenters. The molecule has 0 atom stereocenters. The van der Waals surface area contributed by atoms with Gasteiger partial charge in [0.2, 0.25) is 6.41 Å². The fraction of sp³-hybridized carbons (Fsp3) is 0.909. The second-order valence-electron chi connectivity index (χ2n) is 3.38. The predicted octanol–water partition coefficient (Wildman–Crippen LogP) is 3.22. The van der Waals surface area contributed by atoms with Crippen LogP contribution in [0.15, 0.2) is 0 Å². The molecular weight excluding hydrogens is 162 g/mol. The molecule has 0 aliphatic rings. The Labute approximate surface area is 84.1 Å². The van der Waals surface area contributed by atoms with Crippen LogP contribution in [0.4, 0.5) is 0 Å². The quantitative estimate of drug-likeness (QED) is 0.536. The Morgan fingerprint density at radius 1 is 1.08 bits per heavy atom. The number of amides is 1. The molecule has 0 aromatic rings. The Bertz CT molecular complexity index is 84.6. The van der Waals surface area contributed by atoms with Gasteiger partial charge in [-0.05, 0) is 11.8 Å². The highest BCUT2D eigenvalue weighted by Gasteiger charge is 2.07. The van der Waals surface area contributed by atoms with Gasteiger partial charge in [0.1, 0.15) is 0 Å². The van der Waals surface area contributed by atoms with Gasteiger partial charge in [-0.1, -0.05) is 48.5 Å². The van der Waals surface area contributed by atoms with E-state index in [1.54, 1.807) is 0 Å². The zero-order valence-electron chi connectivity index (χ0n) is 10.4. The van der Waals surface area contributed by atoms with Crippen LogP contribution in [0.2, 0.25) is 0 Å². The maximum absolute atomic E-state index is 9.78. The van der Waals surface area contributed by atoms with Crippen LogP contribution in [0.1, 0.15) is 54.9 Å². The number of rotatable bonds is 3. The van der Waals surface area contributed by atoms with Gasteiger partial charge in [0.25, 0.3) is 0 Å². The Morgan fingerprint density at radius 3 is 1.69 bits per heavy atom. The zero-order valence-corrected chi connectivity index (χ0v) is 10.4. The maximum atomic E-state index is 9.78. The van der Waals surface area contributed by atoms with Crippen LogP contribution in [0.25, 0.3) is 0 Å². The summed E-state index contributed by atoms with van der Waals surface area (Å²) in [7, 11) is 0. The SMILES string of the molecule is CC.CC.CC(C)(C)CCNC=O. The minimum Gasteiger partial charge on any atom is -0.359 e. The van der Waals surface area contributed by atoms with Crippen molar-refractivity contribution in [2.24, 2.45) is 5.41 Å². The molecule has 0 aromatic heterocycles. The lowest BCUT2D eigenvalue weighted by atomic mass is 9.92. The van der Waals surface area contributed by atoms with Crippen LogP contribution in [0.3, 0.4) is 0 Å². The summed E-state index contributed by atoms with van der Waals surface area (Å²) in [6.45, 7) is 15.2. The molecule has 0 radical (unpaired) electrons. The van der Waals surface area contributed by atoms with Crippen molar-refractivity contribution in [3.05, 3.63) is 0 Å². The second kappa shape index (κ2) is 14.0. The van der Waals surface area contributed by atoms with Gasteiger partial charge in [0, 0.05) is 6.54 Å². The lowest BCUT2D eigenvalue weighted by Gasteiger charge is -2.16. The van der Waals surface area contributed by atoms with Crippen molar-refractivity contribution >= 4 is 6.41 Å². The molecule has 0 aliphatic heterocycles. The molecule has 2 heteroatoms. The molecule has 1 N–H and O–H groups in total. The monoisotopic (exact) mass is 189 g/mol. The third-order valence-electron chi connectivity index (χ3n) is 1.10. The molecular formula is C11H27NO. The van der Waals surface area contributed by atoms with Gasteiger partial charge >= 0.3 is 0 Å². The number of nitrogens with one attached hydrogen (secondary N) is 1. The highest BCUT2D eigenvalue weighted by Crippen LogP contribution is 2.16. The largest absolute Gasteiger partial charge is 0.359 e. The van der Waals surface area contributed by atoms with Crippen molar-refractivity contribution in [1.82, 2.24) is 5.32 Å². The molecule has 0 saturated heterocycles. The van der Waals surface area contributed by atoms with Gasteiger partial charge in [0.05, 0.1) is 0 Å². The molecule has 13 heavy (non-hydrogen) atoms. The molecule has 0 heterocycles. The fourth-order valence-electron chi connectivity index (χ4n) is 0.506. The number of hydrogen-bond donors (Lipinski definition) is 1. The average molecular weight is 189 g/mol. The Hall–Kier alpha value is -0.530. The van der Waals surface area contributed by atoms with Crippen molar-refractivity contribution in [2.45, 2.75) is 54.9 Å². The summed E-state index contributed by atoms with van der Waals surface area (Å²) in [4.78, 5) is 9.78. The first-order valence-corrected chi connectivity index (χ1v) is 5.23. The van der Waals surface area contributed by atoms with E-state index in [0.717, 1.165) is 19.4 Å².